The number of nitrogens with one attached hydrogen (secondary N) is 2. The van der Waals surface area contributed by atoms with Crippen molar-refractivity contribution in [2.24, 2.45) is 11.5 Å². The number of carbonyl (C=O) groups is 2. The summed E-state index contributed by atoms with van der Waals surface area (Å²) in [4.78, 5) is 30.6. The summed E-state index contributed by atoms with van der Waals surface area (Å²) in [5.74, 6) is -0.821. The molecule has 0 bridgehead atoms. The lowest BCUT2D eigenvalue weighted by Crippen LogP contribution is -2.14. The van der Waals surface area contributed by atoms with Gasteiger partial charge in [0.1, 0.15) is 4.64 Å². The first-order valence-corrected chi connectivity index (χ1v) is 9.13. The number of benzene rings is 2. The molecule has 0 saturated carbocycles. The van der Waals surface area contributed by atoms with E-state index in [1.54, 1.807) is 18.2 Å². The first-order chi connectivity index (χ1) is 13.9. The van der Waals surface area contributed by atoms with Gasteiger partial charge in [-0.1, -0.05) is 54.7 Å². The van der Waals surface area contributed by atoms with Crippen molar-refractivity contribution < 1.29 is 9.59 Å². The monoisotopic (exact) mass is 405 g/mol. The number of carbonyl (C=O) groups excluding carboxylic acids is 2. The number of aromatic nitrogens is 2. The van der Waals surface area contributed by atoms with Crippen molar-refractivity contribution >= 4 is 35.4 Å². The molecule has 29 heavy (non-hydrogen) atoms. The predicted molar refractivity (Wildman–Crippen MR) is 115 cm³/mol. The van der Waals surface area contributed by atoms with Crippen LogP contribution in [0.2, 0.25) is 0 Å². The third-order valence-corrected chi connectivity index (χ3v) is 4.39. The fourth-order valence-electron chi connectivity index (χ4n) is 2.86. The van der Waals surface area contributed by atoms with Gasteiger partial charge in [0.25, 0.3) is 0 Å². The molecule has 0 aliphatic carbocycles. The molecule has 3 rings (SSSR count). The summed E-state index contributed by atoms with van der Waals surface area (Å²) in [6.07, 6.45) is 2.80. The molecule has 0 saturated heterocycles. The van der Waals surface area contributed by atoms with Crippen molar-refractivity contribution in [1.82, 2.24) is 9.97 Å². The number of nitrogens with zero attached hydrogens (tertiary/aromatic N) is 1. The number of rotatable bonds is 6. The van der Waals surface area contributed by atoms with E-state index in [4.69, 9.17) is 23.7 Å². The third-order valence-electron chi connectivity index (χ3n) is 4.08. The second-order valence-electron chi connectivity index (χ2n) is 6.25. The van der Waals surface area contributed by atoms with Crippen LogP contribution >= 0.6 is 12.2 Å². The molecule has 0 aliphatic rings. The average Bonchev–Trinajstić information content (AvgIpc) is 2.68. The number of amides is 2. The molecule has 0 radical (unpaired) electrons. The predicted octanol–water partition coefficient (Wildman–Crippen LogP) is 2.77. The Bertz CT molecular complexity index is 1140. The molecule has 0 spiro atoms. The third kappa shape index (κ3) is 5.14. The van der Waals surface area contributed by atoms with Crippen LogP contribution in [0.5, 0.6) is 0 Å². The first kappa shape index (κ1) is 20.0. The van der Waals surface area contributed by atoms with E-state index in [1.807, 2.05) is 36.4 Å². The molecule has 7 nitrogen and oxygen atoms in total. The molecule has 3 aromatic rings. The Morgan fingerprint density at radius 1 is 1.10 bits per heavy atom. The Hall–Kier alpha value is -3.78. The molecule has 0 atom stereocenters. The fourth-order valence-corrected chi connectivity index (χ4v) is 3.13. The van der Waals surface area contributed by atoms with Gasteiger partial charge in [-0.3, -0.25) is 9.59 Å². The van der Waals surface area contributed by atoms with Crippen LogP contribution in [-0.4, -0.2) is 21.8 Å². The van der Waals surface area contributed by atoms with Crippen molar-refractivity contribution in [1.29, 1.82) is 0 Å². The van der Waals surface area contributed by atoms with Crippen LogP contribution in [0.3, 0.4) is 0 Å². The van der Waals surface area contributed by atoms with Gasteiger partial charge >= 0.3 is 0 Å². The molecule has 2 aromatic carbocycles. The second-order valence-corrected chi connectivity index (χ2v) is 6.64. The quantitative estimate of drug-likeness (QED) is 0.370. The summed E-state index contributed by atoms with van der Waals surface area (Å²) in [7, 11) is 0. The smallest absolute Gasteiger partial charge is 0.243 e. The number of H-pyrrole nitrogens is 1. The minimum Gasteiger partial charge on any atom is -0.398 e. The number of anilines is 1. The van der Waals surface area contributed by atoms with Crippen LogP contribution in [0.15, 0.2) is 67.0 Å². The molecule has 0 unspecified atom stereocenters. The number of hydrogen-bond acceptors (Lipinski definition) is 5. The normalized spacial score (nSPS) is 11.1. The van der Waals surface area contributed by atoms with E-state index in [-0.39, 0.29) is 22.7 Å². The molecule has 1 heterocycles. The van der Waals surface area contributed by atoms with Gasteiger partial charge in [0.05, 0.1) is 24.0 Å². The number of nitrogens with two attached hydrogens (primary N) is 2. The van der Waals surface area contributed by atoms with Crippen LogP contribution in [0, 0.1) is 4.64 Å². The van der Waals surface area contributed by atoms with Crippen molar-refractivity contribution in [2.45, 2.75) is 6.42 Å². The van der Waals surface area contributed by atoms with E-state index in [2.05, 4.69) is 15.3 Å². The zero-order chi connectivity index (χ0) is 20.8. The van der Waals surface area contributed by atoms with Crippen molar-refractivity contribution in [3.8, 4) is 11.3 Å². The van der Waals surface area contributed by atoms with Crippen LogP contribution in [0.4, 0.5) is 5.69 Å². The van der Waals surface area contributed by atoms with Gasteiger partial charge in [-0.05, 0) is 17.7 Å². The maximum Gasteiger partial charge on any atom is 0.243 e. The molecule has 1 aromatic heterocycles. The topological polar surface area (TPSA) is 127 Å². The molecule has 0 fully saturated rings. The highest BCUT2D eigenvalue weighted by molar-refractivity contribution is 7.71. The van der Waals surface area contributed by atoms with Gasteiger partial charge in [-0.2, -0.15) is 0 Å². The van der Waals surface area contributed by atoms with E-state index in [9.17, 15) is 9.59 Å². The maximum absolute atomic E-state index is 12.4. The Labute approximate surface area is 172 Å². The van der Waals surface area contributed by atoms with Crippen molar-refractivity contribution in [3.63, 3.8) is 0 Å². The van der Waals surface area contributed by atoms with Gasteiger partial charge in [0.15, 0.2) is 0 Å². The van der Waals surface area contributed by atoms with E-state index in [1.165, 1.54) is 6.33 Å². The van der Waals surface area contributed by atoms with Gasteiger partial charge in [-0.15, -0.1) is 0 Å². The lowest BCUT2D eigenvalue weighted by molar-refractivity contribution is -0.115. The van der Waals surface area contributed by atoms with Crippen molar-refractivity contribution in [3.05, 3.63) is 82.8 Å². The number of hydrogen-bond donors (Lipinski definition) is 4. The van der Waals surface area contributed by atoms with Crippen LogP contribution in [-0.2, 0) is 16.0 Å². The van der Waals surface area contributed by atoms with E-state index >= 15 is 0 Å². The Kier molecular flexibility index (Phi) is 6.16. The average molecular weight is 405 g/mol. The highest BCUT2D eigenvalue weighted by Gasteiger charge is 2.13. The van der Waals surface area contributed by atoms with Gasteiger partial charge < -0.3 is 21.8 Å². The lowest BCUT2D eigenvalue weighted by Gasteiger charge is -2.12. The Morgan fingerprint density at radius 3 is 2.59 bits per heavy atom. The Morgan fingerprint density at radius 2 is 1.86 bits per heavy atom. The second kappa shape index (κ2) is 8.94. The van der Waals surface area contributed by atoms with Crippen LogP contribution < -0.4 is 16.8 Å². The van der Waals surface area contributed by atoms with Crippen molar-refractivity contribution in [2.75, 3.05) is 5.32 Å². The highest BCUT2D eigenvalue weighted by atomic mass is 32.1. The molecule has 6 N–H and O–H groups in total. The maximum atomic E-state index is 12.4. The lowest BCUT2D eigenvalue weighted by atomic mass is 10.0. The summed E-state index contributed by atoms with van der Waals surface area (Å²) in [5, 5.41) is 2.88. The van der Waals surface area contributed by atoms with E-state index in [0.717, 1.165) is 11.6 Å². The summed E-state index contributed by atoms with van der Waals surface area (Å²) >= 11 is 5.27. The molecule has 146 valence electrons. The van der Waals surface area contributed by atoms with Gasteiger partial charge in [-0.25, -0.2) is 4.98 Å². The van der Waals surface area contributed by atoms with Gasteiger partial charge in [0.2, 0.25) is 11.8 Å². The zero-order valence-corrected chi connectivity index (χ0v) is 16.2. The van der Waals surface area contributed by atoms with E-state index < -0.39 is 5.91 Å². The van der Waals surface area contributed by atoms with Gasteiger partial charge in [0, 0.05) is 23.0 Å². The van der Waals surface area contributed by atoms with Crippen LogP contribution in [0.1, 0.15) is 11.1 Å². The molecular formula is C21H19N5O2S. The zero-order valence-electron chi connectivity index (χ0n) is 15.4. The first-order valence-electron chi connectivity index (χ1n) is 8.73. The summed E-state index contributed by atoms with van der Waals surface area (Å²) in [5.41, 5.74) is 14.5. The largest absolute Gasteiger partial charge is 0.398 e. The fraction of sp³-hybridized carbons (Fsp3) is 0.0476. The number of aromatic amines is 1. The molecule has 8 heteroatoms. The standard InChI is InChI=1S/C21H19N5O2S/c22-16(11-17(23)27)19-20(24-12-25-21(19)29)14-7-4-8-15(10-14)26-18(28)9-13-5-2-1-3-6-13/h1-8,10-12H,9,22H2,(H2,23,27)(H,26,28)(H,24,25,29)/b16-11-. The number of primary amides is 1. The Balaban J connectivity index is 1.90. The molecule has 2 amide bonds. The molecule has 0 aliphatic heterocycles. The molecular weight excluding hydrogens is 386 g/mol. The summed E-state index contributed by atoms with van der Waals surface area (Å²) in [6, 6.07) is 16.7. The van der Waals surface area contributed by atoms with Crippen LogP contribution in [0.25, 0.3) is 17.0 Å². The van der Waals surface area contributed by atoms with E-state index in [0.29, 0.717) is 22.5 Å². The minimum atomic E-state index is -0.686. The highest BCUT2D eigenvalue weighted by Crippen LogP contribution is 2.27. The SMILES string of the molecule is NC(=O)/C=C(\N)c1c(-c2cccc(NC(=O)Cc3ccccc3)c2)[nH]cnc1=S. The summed E-state index contributed by atoms with van der Waals surface area (Å²) in [6.45, 7) is 0. The minimum absolute atomic E-state index is 0.111. The summed E-state index contributed by atoms with van der Waals surface area (Å²) < 4.78 is 0.229.